The summed E-state index contributed by atoms with van der Waals surface area (Å²) in [5.74, 6) is 0. The van der Waals surface area contributed by atoms with E-state index in [0.29, 0.717) is 0 Å². The molecule has 3 rings (SSSR count). The van der Waals surface area contributed by atoms with Gasteiger partial charge in [-0.05, 0) is 46.5 Å². The van der Waals surface area contributed by atoms with Crippen LogP contribution in [0.2, 0.25) is 0 Å². The van der Waals surface area contributed by atoms with Crippen molar-refractivity contribution in [1.29, 1.82) is 0 Å². The zero-order chi connectivity index (χ0) is 9.54. The van der Waals surface area contributed by atoms with E-state index in [1.807, 2.05) is 0 Å². The van der Waals surface area contributed by atoms with Crippen molar-refractivity contribution >= 4 is 32.9 Å². The molecule has 70 valence electrons. The molecule has 0 saturated heterocycles. The van der Waals surface area contributed by atoms with Crippen molar-refractivity contribution in [3.8, 4) is 0 Å². The van der Waals surface area contributed by atoms with Crippen molar-refractivity contribution in [1.82, 2.24) is 4.98 Å². The maximum Gasteiger partial charge on any atom is 0.0605 e. The summed E-state index contributed by atoms with van der Waals surface area (Å²) in [4.78, 5) is 3.45. The molecule has 1 aliphatic rings. The van der Waals surface area contributed by atoms with E-state index in [1.54, 1.807) is 0 Å². The molecule has 0 aliphatic heterocycles. The lowest BCUT2D eigenvalue weighted by atomic mass is 10.0. The minimum atomic E-state index is 1.15. The molecule has 1 N–H and O–H groups in total. The molecule has 1 aromatic heterocycles. The van der Waals surface area contributed by atoms with Crippen molar-refractivity contribution < 1.29 is 0 Å². The summed E-state index contributed by atoms with van der Waals surface area (Å²) in [5.41, 5.74) is 3.96. The van der Waals surface area contributed by atoms with Crippen molar-refractivity contribution in [3.63, 3.8) is 0 Å². The van der Waals surface area contributed by atoms with Crippen molar-refractivity contribution in [2.24, 2.45) is 0 Å². The third-order valence-electron chi connectivity index (χ3n) is 2.77. The maximum atomic E-state index is 3.57. The fourth-order valence-electron chi connectivity index (χ4n) is 2.10. The molecule has 0 amide bonds. The third-order valence-corrected chi connectivity index (χ3v) is 3.43. The average molecular weight is 248 g/mol. The van der Waals surface area contributed by atoms with Crippen molar-refractivity contribution in [3.05, 3.63) is 40.0 Å². The molecule has 14 heavy (non-hydrogen) atoms. The number of hydrogen-bond donors (Lipinski definition) is 1. The Balaban J connectivity index is 2.43. The second-order valence-corrected chi connectivity index (χ2v) is 4.48. The number of nitrogens with one attached hydrogen (secondary N) is 1. The van der Waals surface area contributed by atoms with Gasteiger partial charge in [-0.3, -0.25) is 0 Å². The summed E-state index contributed by atoms with van der Waals surface area (Å²) in [5, 5.41) is 1.36. The van der Waals surface area contributed by atoms with Gasteiger partial charge >= 0.3 is 0 Å². The first kappa shape index (κ1) is 8.30. The molecule has 0 fully saturated rings. The van der Waals surface area contributed by atoms with Crippen molar-refractivity contribution in [2.45, 2.75) is 12.8 Å². The predicted molar refractivity (Wildman–Crippen MR) is 63.4 cm³/mol. The number of H-pyrrole nitrogens is 1. The topological polar surface area (TPSA) is 15.8 Å². The standard InChI is InChI=1S/C12H10BrN/c13-10-6-3-5-9-8-4-1-2-7-11(8)14-12(9)10/h2-3,5-7,14H,1,4H2. The summed E-state index contributed by atoms with van der Waals surface area (Å²) in [6.45, 7) is 0. The number of fused-ring (bicyclic) bond motifs is 3. The Kier molecular flexibility index (Phi) is 1.77. The van der Waals surface area contributed by atoms with E-state index in [2.05, 4.69) is 51.3 Å². The number of para-hydroxylation sites is 1. The highest BCUT2D eigenvalue weighted by Crippen LogP contribution is 2.31. The molecule has 2 aromatic rings. The third kappa shape index (κ3) is 1.07. The molecule has 0 saturated carbocycles. The zero-order valence-electron chi connectivity index (χ0n) is 7.68. The summed E-state index contributed by atoms with van der Waals surface area (Å²) in [6.07, 6.45) is 6.73. The zero-order valence-corrected chi connectivity index (χ0v) is 9.26. The Morgan fingerprint density at radius 2 is 2.21 bits per heavy atom. The molecule has 0 unspecified atom stereocenters. The number of aromatic nitrogens is 1. The lowest BCUT2D eigenvalue weighted by molar-refractivity contribution is 0.992. The SMILES string of the molecule is Brc1cccc2c3c([nH]c12)C=CCC3. The average Bonchev–Trinajstić information content (AvgIpc) is 2.59. The van der Waals surface area contributed by atoms with Gasteiger partial charge in [0.2, 0.25) is 0 Å². The summed E-state index contributed by atoms with van der Waals surface area (Å²) in [7, 11) is 0. The first-order chi connectivity index (χ1) is 6.86. The molecule has 0 radical (unpaired) electrons. The van der Waals surface area contributed by atoms with Gasteiger partial charge in [-0.1, -0.05) is 18.2 Å². The highest BCUT2D eigenvalue weighted by atomic mass is 79.9. The van der Waals surface area contributed by atoms with Crippen LogP contribution in [0.25, 0.3) is 17.0 Å². The fourth-order valence-corrected chi connectivity index (χ4v) is 2.56. The highest BCUT2D eigenvalue weighted by Gasteiger charge is 2.12. The van der Waals surface area contributed by atoms with Gasteiger partial charge in [-0.2, -0.15) is 0 Å². The van der Waals surface area contributed by atoms with E-state index in [0.717, 1.165) is 17.3 Å². The van der Waals surface area contributed by atoms with Gasteiger partial charge in [-0.25, -0.2) is 0 Å². The predicted octanol–water partition coefficient (Wildman–Crippen LogP) is 3.89. The quantitative estimate of drug-likeness (QED) is 0.727. The van der Waals surface area contributed by atoms with Gasteiger partial charge < -0.3 is 4.98 Å². The smallest absolute Gasteiger partial charge is 0.0605 e. The summed E-state index contributed by atoms with van der Waals surface area (Å²) < 4.78 is 1.15. The molecular formula is C12H10BrN. The fraction of sp³-hybridized carbons (Fsp3) is 0.167. The van der Waals surface area contributed by atoms with Gasteiger partial charge in [-0.15, -0.1) is 0 Å². The van der Waals surface area contributed by atoms with Gasteiger partial charge in [0.25, 0.3) is 0 Å². The van der Waals surface area contributed by atoms with Crippen LogP contribution in [0.1, 0.15) is 17.7 Å². The largest absolute Gasteiger partial charge is 0.354 e. The Hall–Kier alpha value is -1.02. The van der Waals surface area contributed by atoms with Gasteiger partial charge in [0.1, 0.15) is 0 Å². The lowest BCUT2D eigenvalue weighted by Crippen LogP contribution is -1.89. The lowest BCUT2D eigenvalue weighted by Gasteiger charge is -2.03. The van der Waals surface area contributed by atoms with Crippen LogP contribution >= 0.6 is 15.9 Å². The monoisotopic (exact) mass is 247 g/mol. The molecule has 0 bridgehead atoms. The Morgan fingerprint density at radius 3 is 3.14 bits per heavy atom. The number of aromatic amines is 1. The molecular weight excluding hydrogens is 238 g/mol. The van der Waals surface area contributed by atoms with E-state index < -0.39 is 0 Å². The minimum absolute atomic E-state index is 1.15. The Morgan fingerprint density at radius 1 is 1.29 bits per heavy atom. The van der Waals surface area contributed by atoms with Crippen LogP contribution in [-0.4, -0.2) is 4.98 Å². The van der Waals surface area contributed by atoms with Crippen LogP contribution in [0, 0.1) is 0 Å². The number of allylic oxidation sites excluding steroid dienone is 1. The molecule has 1 aromatic carbocycles. The number of halogens is 1. The maximum absolute atomic E-state index is 3.57. The summed E-state index contributed by atoms with van der Waals surface area (Å²) in [6, 6.07) is 6.36. The van der Waals surface area contributed by atoms with Gasteiger partial charge in [0.15, 0.2) is 0 Å². The second-order valence-electron chi connectivity index (χ2n) is 3.62. The molecule has 2 heteroatoms. The van der Waals surface area contributed by atoms with E-state index in [4.69, 9.17) is 0 Å². The normalized spacial score (nSPS) is 14.6. The van der Waals surface area contributed by atoms with Gasteiger partial charge in [0, 0.05) is 15.6 Å². The van der Waals surface area contributed by atoms with Crippen LogP contribution in [0.15, 0.2) is 28.7 Å². The van der Waals surface area contributed by atoms with E-state index in [-0.39, 0.29) is 0 Å². The molecule has 0 spiro atoms. The molecule has 1 heterocycles. The molecule has 1 aliphatic carbocycles. The number of benzene rings is 1. The highest BCUT2D eigenvalue weighted by molar-refractivity contribution is 9.10. The second kappa shape index (κ2) is 2.99. The van der Waals surface area contributed by atoms with Crippen LogP contribution in [0.4, 0.5) is 0 Å². The number of hydrogen-bond acceptors (Lipinski definition) is 0. The van der Waals surface area contributed by atoms with Crippen LogP contribution in [0.3, 0.4) is 0 Å². The van der Waals surface area contributed by atoms with Crippen molar-refractivity contribution in [2.75, 3.05) is 0 Å². The first-order valence-electron chi connectivity index (χ1n) is 4.82. The van der Waals surface area contributed by atoms with Crippen LogP contribution in [0.5, 0.6) is 0 Å². The Labute approximate surface area is 91.0 Å². The van der Waals surface area contributed by atoms with Crippen LogP contribution in [-0.2, 0) is 6.42 Å². The molecule has 0 atom stereocenters. The number of aryl methyl sites for hydroxylation is 1. The van der Waals surface area contributed by atoms with E-state index in [1.165, 1.54) is 22.2 Å². The van der Waals surface area contributed by atoms with Gasteiger partial charge in [0.05, 0.1) is 5.52 Å². The van der Waals surface area contributed by atoms with E-state index >= 15 is 0 Å². The molecule has 1 nitrogen and oxygen atoms in total. The minimum Gasteiger partial charge on any atom is -0.354 e. The number of rotatable bonds is 0. The summed E-state index contributed by atoms with van der Waals surface area (Å²) >= 11 is 3.57. The first-order valence-corrected chi connectivity index (χ1v) is 5.61. The Bertz CT molecular complexity index is 522. The van der Waals surface area contributed by atoms with E-state index in [9.17, 15) is 0 Å². The van der Waals surface area contributed by atoms with Crippen LogP contribution < -0.4 is 0 Å².